The number of carbonyl (C=O) groups is 2. The maximum atomic E-state index is 11.8. The number of amides is 1. The van der Waals surface area contributed by atoms with Crippen LogP contribution in [0.25, 0.3) is 0 Å². The fourth-order valence-electron chi connectivity index (χ4n) is 1.85. The van der Waals surface area contributed by atoms with Crippen molar-refractivity contribution in [3.63, 3.8) is 0 Å². The fourth-order valence-corrected chi connectivity index (χ4v) is 2.49. The van der Waals surface area contributed by atoms with Gasteiger partial charge in [0.2, 0.25) is 5.91 Å². The maximum absolute atomic E-state index is 11.8. The van der Waals surface area contributed by atoms with Crippen molar-refractivity contribution in [3.8, 4) is 0 Å². The van der Waals surface area contributed by atoms with E-state index in [0.29, 0.717) is 5.75 Å². The van der Waals surface area contributed by atoms with E-state index in [4.69, 9.17) is 5.11 Å². The predicted molar refractivity (Wildman–Crippen MR) is 69.2 cm³/mol. The number of hydrogen-bond acceptors (Lipinski definition) is 3. The van der Waals surface area contributed by atoms with Crippen molar-refractivity contribution in [3.05, 3.63) is 0 Å². The van der Waals surface area contributed by atoms with Gasteiger partial charge < -0.3 is 10.4 Å². The van der Waals surface area contributed by atoms with E-state index >= 15 is 0 Å². The van der Waals surface area contributed by atoms with Crippen molar-refractivity contribution in [2.45, 2.75) is 56.7 Å². The number of hydrogen-bond donors (Lipinski definition) is 2. The number of carbonyl (C=O) groups excluding carboxylic acids is 1. The summed E-state index contributed by atoms with van der Waals surface area (Å²) in [6.07, 6.45) is 2.61. The normalized spacial score (nSPS) is 18.3. The highest BCUT2D eigenvalue weighted by Gasteiger charge is 2.40. The second-order valence-corrected chi connectivity index (χ2v) is 7.46. The molecule has 0 atom stereocenters. The Bertz CT molecular complexity index is 305. The third-order valence-corrected chi connectivity index (χ3v) is 4.11. The first kappa shape index (κ1) is 14.4. The Morgan fingerprint density at radius 2 is 1.94 bits per heavy atom. The van der Waals surface area contributed by atoms with Gasteiger partial charge in [0.05, 0.1) is 17.7 Å². The van der Waals surface area contributed by atoms with Crippen molar-refractivity contribution >= 4 is 23.6 Å². The van der Waals surface area contributed by atoms with E-state index in [-0.39, 0.29) is 17.1 Å². The third kappa shape index (κ3) is 4.98. The summed E-state index contributed by atoms with van der Waals surface area (Å²) >= 11 is 1.58. The van der Waals surface area contributed by atoms with Crippen molar-refractivity contribution in [1.82, 2.24) is 5.32 Å². The first-order valence-electron chi connectivity index (χ1n) is 5.89. The number of nitrogens with one attached hydrogen (secondary N) is 1. The quantitative estimate of drug-likeness (QED) is 0.793. The molecule has 0 saturated heterocycles. The van der Waals surface area contributed by atoms with Gasteiger partial charge in [-0.15, -0.1) is 11.8 Å². The highest BCUT2D eigenvalue weighted by atomic mass is 32.2. The Morgan fingerprint density at radius 1 is 1.35 bits per heavy atom. The van der Waals surface area contributed by atoms with Gasteiger partial charge in [0.1, 0.15) is 0 Å². The number of carboxylic acids is 1. The average molecular weight is 259 g/mol. The lowest BCUT2D eigenvalue weighted by Gasteiger charge is -2.41. The van der Waals surface area contributed by atoms with Crippen LogP contribution in [-0.2, 0) is 9.59 Å². The van der Waals surface area contributed by atoms with Crippen molar-refractivity contribution < 1.29 is 14.7 Å². The second kappa shape index (κ2) is 5.29. The molecule has 98 valence electrons. The van der Waals surface area contributed by atoms with Crippen LogP contribution in [0.5, 0.6) is 0 Å². The van der Waals surface area contributed by atoms with E-state index in [1.54, 1.807) is 11.8 Å². The molecule has 1 fully saturated rings. The van der Waals surface area contributed by atoms with Crippen LogP contribution in [0.1, 0.15) is 46.5 Å². The standard InChI is InChI=1S/C12H21NO3S/c1-11(2,3)17-8-9(14)13-12(5-4-6-12)7-10(15)16/h4-8H2,1-3H3,(H,13,14)(H,15,16). The van der Waals surface area contributed by atoms with Crippen LogP contribution in [0.15, 0.2) is 0 Å². The summed E-state index contributed by atoms with van der Waals surface area (Å²) in [4.78, 5) is 22.5. The molecule has 0 aromatic carbocycles. The summed E-state index contributed by atoms with van der Waals surface area (Å²) in [6.45, 7) is 6.17. The lowest BCUT2D eigenvalue weighted by molar-refractivity contribution is -0.140. The largest absolute Gasteiger partial charge is 0.481 e. The summed E-state index contributed by atoms with van der Waals surface area (Å²) in [5.74, 6) is -0.496. The van der Waals surface area contributed by atoms with Gasteiger partial charge in [-0.25, -0.2) is 0 Å². The van der Waals surface area contributed by atoms with Gasteiger partial charge in [-0.1, -0.05) is 20.8 Å². The summed E-state index contributed by atoms with van der Waals surface area (Å²) in [7, 11) is 0. The Morgan fingerprint density at radius 3 is 2.29 bits per heavy atom. The molecule has 17 heavy (non-hydrogen) atoms. The summed E-state index contributed by atoms with van der Waals surface area (Å²) in [5, 5.41) is 11.7. The fraction of sp³-hybridized carbons (Fsp3) is 0.833. The molecule has 1 aliphatic rings. The van der Waals surface area contributed by atoms with Gasteiger partial charge in [-0.05, 0) is 19.3 Å². The molecule has 0 radical (unpaired) electrons. The van der Waals surface area contributed by atoms with E-state index in [0.717, 1.165) is 19.3 Å². The Hall–Kier alpha value is -0.710. The second-order valence-electron chi connectivity index (χ2n) is 5.65. The number of thioether (sulfide) groups is 1. The third-order valence-electron chi connectivity index (χ3n) is 2.84. The zero-order valence-corrected chi connectivity index (χ0v) is 11.5. The average Bonchev–Trinajstić information content (AvgIpc) is 2.09. The highest BCUT2D eigenvalue weighted by Crippen LogP contribution is 2.35. The molecule has 1 aliphatic carbocycles. The van der Waals surface area contributed by atoms with Crippen molar-refractivity contribution in [1.29, 1.82) is 0 Å². The zero-order chi connectivity index (χ0) is 13.1. The minimum atomic E-state index is -0.839. The van der Waals surface area contributed by atoms with Crippen LogP contribution >= 0.6 is 11.8 Å². The molecule has 4 nitrogen and oxygen atoms in total. The van der Waals surface area contributed by atoms with Gasteiger partial charge >= 0.3 is 5.97 Å². The summed E-state index contributed by atoms with van der Waals surface area (Å²) < 4.78 is 0.0525. The molecule has 0 spiro atoms. The SMILES string of the molecule is CC(C)(C)SCC(=O)NC1(CC(=O)O)CCC1. The van der Waals surface area contributed by atoms with Crippen LogP contribution in [0, 0.1) is 0 Å². The highest BCUT2D eigenvalue weighted by molar-refractivity contribution is 8.01. The molecular formula is C12H21NO3S. The lowest BCUT2D eigenvalue weighted by Crippen LogP contribution is -2.55. The van der Waals surface area contributed by atoms with Gasteiger partial charge in [-0.2, -0.15) is 0 Å². The van der Waals surface area contributed by atoms with E-state index < -0.39 is 11.5 Å². The molecule has 1 amide bonds. The monoisotopic (exact) mass is 259 g/mol. The molecular weight excluding hydrogens is 238 g/mol. The molecule has 5 heteroatoms. The van der Waals surface area contributed by atoms with Crippen LogP contribution in [0.3, 0.4) is 0 Å². The first-order valence-corrected chi connectivity index (χ1v) is 6.88. The van der Waals surface area contributed by atoms with Gasteiger partial charge in [0, 0.05) is 4.75 Å². The minimum absolute atomic E-state index is 0.0406. The topological polar surface area (TPSA) is 66.4 Å². The summed E-state index contributed by atoms with van der Waals surface area (Å²) in [6, 6.07) is 0. The number of carboxylic acid groups (broad SMARTS) is 1. The Kier molecular flexibility index (Phi) is 4.47. The van der Waals surface area contributed by atoms with Crippen molar-refractivity contribution in [2.24, 2.45) is 0 Å². The molecule has 0 unspecified atom stereocenters. The van der Waals surface area contributed by atoms with E-state index in [9.17, 15) is 9.59 Å². The van der Waals surface area contributed by atoms with Crippen LogP contribution < -0.4 is 5.32 Å². The van der Waals surface area contributed by atoms with E-state index in [1.165, 1.54) is 0 Å². The van der Waals surface area contributed by atoms with Gasteiger partial charge in [-0.3, -0.25) is 9.59 Å². The van der Waals surface area contributed by atoms with E-state index in [2.05, 4.69) is 26.1 Å². The number of rotatable bonds is 5. The molecule has 1 saturated carbocycles. The minimum Gasteiger partial charge on any atom is -0.481 e. The molecule has 0 aromatic rings. The zero-order valence-electron chi connectivity index (χ0n) is 10.7. The maximum Gasteiger partial charge on any atom is 0.305 e. The lowest BCUT2D eigenvalue weighted by atomic mass is 9.74. The predicted octanol–water partition coefficient (Wildman–Crippen LogP) is 2.03. The van der Waals surface area contributed by atoms with Crippen molar-refractivity contribution in [2.75, 3.05) is 5.75 Å². The molecule has 0 aromatic heterocycles. The summed E-state index contributed by atoms with van der Waals surface area (Å²) in [5.41, 5.74) is -0.471. The van der Waals surface area contributed by atoms with Crippen LogP contribution in [-0.4, -0.2) is 33.0 Å². The number of aliphatic carboxylic acids is 1. The van der Waals surface area contributed by atoms with E-state index in [1.807, 2.05) is 0 Å². The van der Waals surface area contributed by atoms with Gasteiger partial charge in [0.15, 0.2) is 0 Å². The molecule has 1 rings (SSSR count). The van der Waals surface area contributed by atoms with Crippen LogP contribution in [0.4, 0.5) is 0 Å². The molecule has 0 heterocycles. The molecule has 0 aliphatic heterocycles. The first-order chi connectivity index (χ1) is 7.72. The molecule has 2 N–H and O–H groups in total. The molecule has 0 bridgehead atoms. The smallest absolute Gasteiger partial charge is 0.305 e. The Labute approximate surface area is 107 Å². The Balaban J connectivity index is 2.41. The van der Waals surface area contributed by atoms with Gasteiger partial charge in [0.25, 0.3) is 0 Å². The van der Waals surface area contributed by atoms with Crippen LogP contribution in [0.2, 0.25) is 0 Å².